The molecule has 0 heterocycles. The van der Waals surface area contributed by atoms with Crippen molar-refractivity contribution in [2.75, 3.05) is 17.1 Å². The molecule has 0 saturated heterocycles. The Morgan fingerprint density at radius 1 is 1.15 bits per heavy atom. The minimum atomic E-state index is -3.71. The van der Waals surface area contributed by atoms with E-state index in [1.807, 2.05) is 37.3 Å². The Bertz CT molecular complexity index is 873. The molecular formula is C18H20Cl2N2O3S. The van der Waals surface area contributed by atoms with Gasteiger partial charge in [0.15, 0.2) is 0 Å². The van der Waals surface area contributed by atoms with Crippen LogP contribution in [0.15, 0.2) is 48.5 Å². The average molecular weight is 415 g/mol. The number of hydrogen-bond donors (Lipinski definition) is 1. The van der Waals surface area contributed by atoms with E-state index in [1.165, 1.54) is 18.2 Å². The van der Waals surface area contributed by atoms with Gasteiger partial charge in [0, 0.05) is 5.02 Å². The number of carbonyl (C=O) groups is 1. The van der Waals surface area contributed by atoms with Crippen LogP contribution in [0.3, 0.4) is 0 Å². The van der Waals surface area contributed by atoms with E-state index in [1.54, 1.807) is 0 Å². The predicted molar refractivity (Wildman–Crippen MR) is 106 cm³/mol. The lowest BCUT2D eigenvalue weighted by molar-refractivity contribution is -0.120. The van der Waals surface area contributed by atoms with Crippen molar-refractivity contribution >= 4 is 44.8 Å². The number of sulfonamides is 1. The summed E-state index contributed by atoms with van der Waals surface area (Å²) in [5.41, 5.74) is 1.17. The van der Waals surface area contributed by atoms with Crippen LogP contribution in [0.5, 0.6) is 0 Å². The molecule has 1 N–H and O–H groups in total. The fourth-order valence-corrected chi connectivity index (χ4v) is 3.97. The van der Waals surface area contributed by atoms with Crippen molar-refractivity contribution in [2.24, 2.45) is 0 Å². The lowest BCUT2D eigenvalue weighted by Crippen LogP contribution is -2.41. The lowest BCUT2D eigenvalue weighted by Gasteiger charge is -2.25. The fraction of sp³-hybridized carbons (Fsp3) is 0.278. The Morgan fingerprint density at radius 3 is 2.35 bits per heavy atom. The number of anilines is 1. The summed E-state index contributed by atoms with van der Waals surface area (Å²) in [6.45, 7) is 1.58. The monoisotopic (exact) mass is 414 g/mol. The Balaban J connectivity index is 2.22. The van der Waals surface area contributed by atoms with E-state index in [9.17, 15) is 13.2 Å². The molecule has 0 bridgehead atoms. The van der Waals surface area contributed by atoms with Crippen molar-refractivity contribution in [1.29, 1.82) is 0 Å². The van der Waals surface area contributed by atoms with Crippen molar-refractivity contribution < 1.29 is 13.2 Å². The van der Waals surface area contributed by atoms with Crippen molar-refractivity contribution in [3.63, 3.8) is 0 Å². The first-order chi connectivity index (χ1) is 12.2. The first-order valence-corrected chi connectivity index (χ1v) is 10.6. The highest BCUT2D eigenvalue weighted by atomic mass is 35.5. The van der Waals surface area contributed by atoms with E-state index in [0.717, 1.165) is 16.1 Å². The number of benzene rings is 2. The van der Waals surface area contributed by atoms with E-state index >= 15 is 0 Å². The molecule has 0 aliphatic carbocycles. The van der Waals surface area contributed by atoms with Crippen LogP contribution in [0, 0.1) is 0 Å². The van der Waals surface area contributed by atoms with Gasteiger partial charge in [-0.3, -0.25) is 9.10 Å². The summed E-state index contributed by atoms with van der Waals surface area (Å²) in [6.07, 6.45) is 1.70. The van der Waals surface area contributed by atoms with Gasteiger partial charge in [0.2, 0.25) is 15.9 Å². The van der Waals surface area contributed by atoms with Crippen molar-refractivity contribution in [1.82, 2.24) is 5.32 Å². The smallest absolute Gasteiger partial charge is 0.241 e. The third kappa shape index (κ3) is 5.37. The van der Waals surface area contributed by atoms with Gasteiger partial charge in [-0.25, -0.2) is 8.42 Å². The van der Waals surface area contributed by atoms with Crippen molar-refractivity contribution in [2.45, 2.75) is 19.4 Å². The van der Waals surface area contributed by atoms with Gasteiger partial charge in [-0.1, -0.05) is 60.5 Å². The number of nitrogens with zero attached hydrogens (tertiary/aromatic N) is 1. The molecule has 0 fully saturated rings. The van der Waals surface area contributed by atoms with E-state index in [4.69, 9.17) is 23.2 Å². The molecule has 0 saturated carbocycles. The number of halogens is 2. The molecule has 2 aromatic rings. The predicted octanol–water partition coefficient (Wildman–Crippen LogP) is 4.03. The van der Waals surface area contributed by atoms with Gasteiger partial charge in [0.05, 0.1) is 23.0 Å². The first kappa shape index (κ1) is 20.6. The summed E-state index contributed by atoms with van der Waals surface area (Å²) in [5.74, 6) is -0.419. The van der Waals surface area contributed by atoms with Crippen LogP contribution in [0.25, 0.3) is 0 Å². The van der Waals surface area contributed by atoms with Crippen LogP contribution in [0.2, 0.25) is 10.0 Å². The summed E-state index contributed by atoms with van der Waals surface area (Å²) >= 11 is 12.0. The fourth-order valence-electron chi connectivity index (χ4n) is 2.54. The zero-order valence-corrected chi connectivity index (χ0v) is 16.8. The zero-order chi connectivity index (χ0) is 19.3. The third-order valence-electron chi connectivity index (χ3n) is 3.81. The standard InChI is InChI=1S/C18H20Cl2N2O3S/c1-3-16(13-7-5-4-6-8-13)21-18(23)12-22(26(2,24)25)17-10-9-14(19)11-15(17)20/h4-11,16H,3,12H2,1-2H3,(H,21,23)/t16-/m1/s1. The molecule has 1 amide bonds. The second-order valence-electron chi connectivity index (χ2n) is 5.80. The summed E-state index contributed by atoms with van der Waals surface area (Å²) in [4.78, 5) is 12.5. The molecule has 0 radical (unpaired) electrons. The highest BCUT2D eigenvalue weighted by Gasteiger charge is 2.24. The molecular weight excluding hydrogens is 395 g/mol. The average Bonchev–Trinajstić information content (AvgIpc) is 2.58. The van der Waals surface area contributed by atoms with Gasteiger partial charge in [0.1, 0.15) is 6.54 Å². The molecule has 140 valence electrons. The van der Waals surface area contributed by atoms with Gasteiger partial charge in [-0.2, -0.15) is 0 Å². The lowest BCUT2D eigenvalue weighted by atomic mass is 10.0. The number of hydrogen-bond acceptors (Lipinski definition) is 3. The minimum Gasteiger partial charge on any atom is -0.348 e. The van der Waals surface area contributed by atoms with Gasteiger partial charge in [0.25, 0.3) is 0 Å². The topological polar surface area (TPSA) is 66.5 Å². The van der Waals surface area contributed by atoms with Crippen molar-refractivity contribution in [3.8, 4) is 0 Å². The SMILES string of the molecule is CC[C@@H](NC(=O)CN(c1ccc(Cl)cc1Cl)S(C)(=O)=O)c1ccccc1. The van der Waals surface area contributed by atoms with E-state index in [2.05, 4.69) is 5.32 Å². The van der Waals surface area contributed by atoms with Crippen LogP contribution in [0.4, 0.5) is 5.69 Å². The van der Waals surface area contributed by atoms with Crippen LogP contribution in [-0.2, 0) is 14.8 Å². The minimum absolute atomic E-state index is 0.158. The number of carbonyl (C=O) groups excluding carboxylic acids is 1. The summed E-state index contributed by atoms with van der Waals surface area (Å²) < 4.78 is 25.3. The van der Waals surface area contributed by atoms with Gasteiger partial charge < -0.3 is 5.32 Å². The molecule has 2 aromatic carbocycles. The molecule has 1 atom stereocenters. The van der Waals surface area contributed by atoms with Crippen molar-refractivity contribution in [3.05, 3.63) is 64.1 Å². The van der Waals surface area contributed by atoms with Crippen LogP contribution >= 0.6 is 23.2 Å². The maximum atomic E-state index is 12.5. The highest BCUT2D eigenvalue weighted by molar-refractivity contribution is 7.92. The van der Waals surface area contributed by atoms with Crippen LogP contribution in [0.1, 0.15) is 24.9 Å². The summed E-state index contributed by atoms with van der Waals surface area (Å²) in [7, 11) is -3.71. The molecule has 2 rings (SSSR count). The number of rotatable bonds is 7. The third-order valence-corrected chi connectivity index (χ3v) is 5.48. The molecule has 8 heteroatoms. The molecule has 0 spiro atoms. The Labute approximate surface area is 164 Å². The number of amides is 1. The Morgan fingerprint density at radius 2 is 1.81 bits per heavy atom. The second kappa shape index (κ2) is 8.75. The molecule has 26 heavy (non-hydrogen) atoms. The quantitative estimate of drug-likeness (QED) is 0.743. The summed E-state index contributed by atoms with van der Waals surface area (Å²) in [5, 5.41) is 3.41. The van der Waals surface area contributed by atoms with Crippen LogP contribution in [-0.4, -0.2) is 27.1 Å². The Hall–Kier alpha value is -1.76. The largest absolute Gasteiger partial charge is 0.348 e. The molecule has 0 aliphatic rings. The maximum Gasteiger partial charge on any atom is 0.241 e. The van der Waals surface area contributed by atoms with E-state index < -0.39 is 15.9 Å². The second-order valence-corrected chi connectivity index (χ2v) is 8.55. The highest BCUT2D eigenvalue weighted by Crippen LogP contribution is 2.30. The molecule has 0 aliphatic heterocycles. The molecule has 0 aromatic heterocycles. The summed E-state index contributed by atoms with van der Waals surface area (Å²) in [6, 6.07) is 13.7. The number of nitrogens with one attached hydrogen (secondary N) is 1. The normalized spacial score (nSPS) is 12.5. The molecule has 0 unspecified atom stereocenters. The molecule has 5 nitrogen and oxygen atoms in total. The van der Waals surface area contributed by atoms with Gasteiger partial charge in [-0.15, -0.1) is 0 Å². The van der Waals surface area contributed by atoms with Gasteiger partial charge in [-0.05, 0) is 30.2 Å². The van der Waals surface area contributed by atoms with Crippen LogP contribution < -0.4 is 9.62 Å². The van der Waals surface area contributed by atoms with E-state index in [-0.39, 0.29) is 23.3 Å². The van der Waals surface area contributed by atoms with Gasteiger partial charge >= 0.3 is 0 Å². The first-order valence-electron chi connectivity index (χ1n) is 7.99. The Kier molecular flexibility index (Phi) is 6.92. The zero-order valence-electron chi connectivity index (χ0n) is 14.4. The van der Waals surface area contributed by atoms with E-state index in [0.29, 0.717) is 11.4 Å². The maximum absolute atomic E-state index is 12.5.